The molecule has 1 aliphatic rings. The fraction of sp³-hybridized carbons (Fsp3) is 0.364. The molecule has 1 heterocycles. The Hall–Kier alpha value is -1.06. The van der Waals surface area contributed by atoms with E-state index in [2.05, 4.69) is 0 Å². The summed E-state index contributed by atoms with van der Waals surface area (Å²) in [5.74, 6) is -0.222. The summed E-state index contributed by atoms with van der Waals surface area (Å²) < 4.78 is 0. The van der Waals surface area contributed by atoms with E-state index in [1.807, 2.05) is 18.2 Å². The number of amides is 1. The van der Waals surface area contributed by atoms with Crippen LogP contribution in [0.25, 0.3) is 0 Å². The number of hydrogen-bond donors (Lipinski definition) is 1. The van der Waals surface area contributed by atoms with Gasteiger partial charge in [0.2, 0.25) is 0 Å². The van der Waals surface area contributed by atoms with Gasteiger partial charge in [-0.2, -0.15) is 0 Å². The average molecular weight is 226 g/mol. The number of carbonyl (C=O) groups excluding carboxylic acids is 1. The van der Waals surface area contributed by atoms with Crippen LogP contribution in [0.4, 0.5) is 0 Å². The van der Waals surface area contributed by atoms with Gasteiger partial charge in [-0.1, -0.05) is 23.7 Å². The summed E-state index contributed by atoms with van der Waals surface area (Å²) in [5.41, 5.74) is 0.968. The van der Waals surface area contributed by atoms with Crippen LogP contribution < -0.4 is 0 Å². The number of aliphatic hydroxyl groups is 1. The molecule has 1 aliphatic heterocycles. The van der Waals surface area contributed by atoms with Gasteiger partial charge in [-0.3, -0.25) is 4.79 Å². The Labute approximate surface area is 93.3 Å². The van der Waals surface area contributed by atoms with Crippen LogP contribution >= 0.6 is 11.6 Å². The lowest BCUT2D eigenvalue weighted by Gasteiger charge is -2.19. The minimum Gasteiger partial charge on any atom is -0.383 e. The van der Waals surface area contributed by atoms with Crippen molar-refractivity contribution in [2.24, 2.45) is 0 Å². The van der Waals surface area contributed by atoms with Crippen molar-refractivity contribution < 1.29 is 9.90 Å². The second-order valence-electron chi connectivity index (χ2n) is 3.77. The number of likely N-dealkylation sites (N-methyl/N-ethyl adjacent to an activating group) is 1. The molecule has 1 aromatic rings. The van der Waals surface area contributed by atoms with E-state index in [-0.39, 0.29) is 11.9 Å². The number of nitrogens with zero attached hydrogens (tertiary/aromatic N) is 1. The molecule has 1 N–H and O–H groups in total. The summed E-state index contributed by atoms with van der Waals surface area (Å²) >= 11 is 5.88. The third kappa shape index (κ3) is 1.85. The van der Waals surface area contributed by atoms with Crippen molar-refractivity contribution >= 4 is 17.5 Å². The summed E-state index contributed by atoms with van der Waals surface area (Å²) in [4.78, 5) is 13.0. The first-order valence-electron chi connectivity index (χ1n) is 4.80. The molecule has 0 saturated carbocycles. The predicted octanol–water partition coefficient (Wildman–Crippen LogP) is 1.60. The second kappa shape index (κ2) is 3.83. The van der Waals surface area contributed by atoms with Crippen molar-refractivity contribution in [3.63, 3.8) is 0 Å². The van der Waals surface area contributed by atoms with Crippen LogP contribution in [0.1, 0.15) is 18.0 Å². The highest BCUT2D eigenvalue weighted by Gasteiger charge is 2.36. The summed E-state index contributed by atoms with van der Waals surface area (Å²) in [5, 5.41) is 10.1. The van der Waals surface area contributed by atoms with E-state index in [1.165, 1.54) is 0 Å². The fourth-order valence-electron chi connectivity index (χ4n) is 1.93. The summed E-state index contributed by atoms with van der Waals surface area (Å²) in [6.45, 7) is 0. The maximum absolute atomic E-state index is 11.4. The van der Waals surface area contributed by atoms with E-state index in [0.29, 0.717) is 11.4 Å². The number of benzene rings is 1. The van der Waals surface area contributed by atoms with Crippen LogP contribution in [0.5, 0.6) is 0 Å². The van der Waals surface area contributed by atoms with Crippen molar-refractivity contribution in [1.29, 1.82) is 0 Å². The molecule has 3 nitrogen and oxygen atoms in total. The minimum absolute atomic E-state index is 0.0637. The zero-order valence-corrected chi connectivity index (χ0v) is 9.11. The Bertz CT molecular complexity index is 394. The molecule has 2 atom stereocenters. The van der Waals surface area contributed by atoms with Gasteiger partial charge in [-0.25, -0.2) is 0 Å². The summed E-state index contributed by atoms with van der Waals surface area (Å²) in [7, 11) is 1.70. The van der Waals surface area contributed by atoms with Crippen molar-refractivity contribution in [2.45, 2.75) is 18.6 Å². The second-order valence-corrected chi connectivity index (χ2v) is 4.21. The number of carbonyl (C=O) groups is 1. The standard InChI is InChI=1S/C11H12ClNO2/c1-13-9(6-10(14)11(13)15)7-3-2-4-8(12)5-7/h2-5,9-10,14H,6H2,1H3/t9-,10+/m0/s1. The zero-order chi connectivity index (χ0) is 11.0. The lowest BCUT2D eigenvalue weighted by molar-refractivity contribution is -0.134. The van der Waals surface area contributed by atoms with Crippen molar-refractivity contribution in [2.75, 3.05) is 7.05 Å². The molecule has 1 amide bonds. The molecule has 15 heavy (non-hydrogen) atoms. The third-order valence-electron chi connectivity index (χ3n) is 2.78. The molecule has 2 rings (SSSR count). The van der Waals surface area contributed by atoms with Gasteiger partial charge in [0.05, 0.1) is 6.04 Å². The number of hydrogen-bond acceptors (Lipinski definition) is 2. The average Bonchev–Trinajstić information content (AvgIpc) is 2.46. The predicted molar refractivity (Wildman–Crippen MR) is 57.6 cm³/mol. The molecule has 0 aliphatic carbocycles. The topological polar surface area (TPSA) is 40.5 Å². The molecule has 1 aromatic carbocycles. The van der Waals surface area contributed by atoms with Gasteiger partial charge in [-0.15, -0.1) is 0 Å². The third-order valence-corrected chi connectivity index (χ3v) is 3.02. The first-order chi connectivity index (χ1) is 7.09. The fourth-order valence-corrected chi connectivity index (χ4v) is 2.13. The largest absolute Gasteiger partial charge is 0.383 e. The molecular weight excluding hydrogens is 214 g/mol. The quantitative estimate of drug-likeness (QED) is 0.789. The van der Waals surface area contributed by atoms with E-state index >= 15 is 0 Å². The molecule has 0 aromatic heterocycles. The Balaban J connectivity index is 2.29. The summed E-state index contributed by atoms with van der Waals surface area (Å²) in [6, 6.07) is 7.32. The van der Waals surface area contributed by atoms with E-state index in [0.717, 1.165) is 5.56 Å². The van der Waals surface area contributed by atoms with Crippen LogP contribution in [0.15, 0.2) is 24.3 Å². The highest BCUT2D eigenvalue weighted by Crippen LogP contribution is 2.32. The van der Waals surface area contributed by atoms with Gasteiger partial charge < -0.3 is 10.0 Å². The molecule has 1 saturated heterocycles. The minimum atomic E-state index is -0.876. The smallest absolute Gasteiger partial charge is 0.251 e. The maximum Gasteiger partial charge on any atom is 0.251 e. The van der Waals surface area contributed by atoms with Crippen molar-refractivity contribution in [1.82, 2.24) is 4.90 Å². The van der Waals surface area contributed by atoms with Gasteiger partial charge >= 0.3 is 0 Å². The van der Waals surface area contributed by atoms with Gasteiger partial charge in [0.1, 0.15) is 6.10 Å². The SMILES string of the molecule is CN1C(=O)[C@H](O)C[C@H]1c1cccc(Cl)c1. The molecule has 0 radical (unpaired) electrons. The van der Waals surface area contributed by atoms with Gasteiger partial charge in [0.25, 0.3) is 5.91 Å². The number of aliphatic hydroxyl groups excluding tert-OH is 1. The number of rotatable bonds is 1. The van der Waals surface area contributed by atoms with Crippen LogP contribution in [-0.2, 0) is 4.79 Å². The van der Waals surface area contributed by atoms with Crippen LogP contribution in [0.2, 0.25) is 5.02 Å². The van der Waals surface area contributed by atoms with E-state index in [4.69, 9.17) is 11.6 Å². The first-order valence-corrected chi connectivity index (χ1v) is 5.17. The molecule has 0 bridgehead atoms. The first kappa shape index (κ1) is 10.5. The lowest BCUT2D eigenvalue weighted by Crippen LogP contribution is -2.26. The Morgan fingerprint density at radius 1 is 1.53 bits per heavy atom. The molecule has 1 fully saturated rings. The summed E-state index contributed by atoms with van der Waals surface area (Å²) in [6.07, 6.45) is -0.436. The monoisotopic (exact) mass is 225 g/mol. The van der Waals surface area contributed by atoms with E-state index < -0.39 is 6.10 Å². The van der Waals surface area contributed by atoms with Crippen molar-refractivity contribution in [3.05, 3.63) is 34.9 Å². The zero-order valence-electron chi connectivity index (χ0n) is 8.35. The highest BCUT2D eigenvalue weighted by molar-refractivity contribution is 6.30. The molecule has 0 spiro atoms. The van der Waals surface area contributed by atoms with Crippen molar-refractivity contribution in [3.8, 4) is 0 Å². The van der Waals surface area contributed by atoms with E-state index in [1.54, 1.807) is 18.0 Å². The number of likely N-dealkylation sites (tertiary alicyclic amines) is 1. The lowest BCUT2D eigenvalue weighted by atomic mass is 10.0. The molecule has 80 valence electrons. The van der Waals surface area contributed by atoms with Gasteiger partial charge in [0.15, 0.2) is 0 Å². The van der Waals surface area contributed by atoms with Crippen LogP contribution in [0.3, 0.4) is 0 Å². The van der Waals surface area contributed by atoms with Crippen LogP contribution in [-0.4, -0.2) is 29.1 Å². The normalized spacial score (nSPS) is 26.1. The van der Waals surface area contributed by atoms with Gasteiger partial charge in [-0.05, 0) is 17.7 Å². The van der Waals surface area contributed by atoms with Gasteiger partial charge in [0, 0.05) is 18.5 Å². The van der Waals surface area contributed by atoms with E-state index in [9.17, 15) is 9.90 Å². The molecular formula is C11H12ClNO2. The Kier molecular flexibility index (Phi) is 2.67. The maximum atomic E-state index is 11.4. The Morgan fingerprint density at radius 2 is 2.27 bits per heavy atom. The van der Waals surface area contributed by atoms with Crippen LogP contribution in [0, 0.1) is 0 Å². The Morgan fingerprint density at radius 3 is 2.80 bits per heavy atom. The molecule has 4 heteroatoms. The number of halogens is 1. The molecule has 0 unspecified atom stereocenters. The highest BCUT2D eigenvalue weighted by atomic mass is 35.5.